The Morgan fingerprint density at radius 1 is 1.12 bits per heavy atom. The van der Waals surface area contributed by atoms with Gasteiger partial charge in [-0.05, 0) is 62.9 Å². The van der Waals surface area contributed by atoms with E-state index in [4.69, 9.17) is 9.47 Å². The minimum atomic E-state index is -0.644. The smallest absolute Gasteiger partial charge is 0.312 e. The lowest BCUT2D eigenvalue weighted by molar-refractivity contribution is -0.160. The van der Waals surface area contributed by atoms with Gasteiger partial charge in [0, 0.05) is 6.20 Å². The zero-order valence-corrected chi connectivity index (χ0v) is 19.5. The number of thioether (sulfide) groups is 1. The van der Waals surface area contributed by atoms with Gasteiger partial charge >= 0.3 is 5.97 Å². The summed E-state index contributed by atoms with van der Waals surface area (Å²) in [5, 5.41) is 1.57. The van der Waals surface area contributed by atoms with Crippen molar-refractivity contribution in [3.05, 3.63) is 59.4 Å². The number of aromatic nitrogens is 1. The molecule has 7 nitrogen and oxygen atoms in total. The number of hydrogen-bond donors (Lipinski definition) is 1. The van der Waals surface area contributed by atoms with Crippen LogP contribution in [-0.2, 0) is 27.2 Å². The number of imide groups is 1. The van der Waals surface area contributed by atoms with Crippen LogP contribution in [0.2, 0.25) is 0 Å². The van der Waals surface area contributed by atoms with Gasteiger partial charge in [-0.15, -0.1) is 0 Å². The van der Waals surface area contributed by atoms with Crippen LogP contribution in [0.5, 0.6) is 5.75 Å². The van der Waals surface area contributed by atoms with Crippen molar-refractivity contribution < 1.29 is 23.9 Å². The highest BCUT2D eigenvalue weighted by Crippen LogP contribution is 2.26. The van der Waals surface area contributed by atoms with Crippen molar-refractivity contribution in [3.8, 4) is 5.75 Å². The van der Waals surface area contributed by atoms with Crippen molar-refractivity contribution >= 4 is 28.9 Å². The average Bonchev–Trinajstić information content (AvgIpc) is 3.08. The van der Waals surface area contributed by atoms with Crippen molar-refractivity contribution in [2.24, 2.45) is 5.41 Å². The second-order valence-electron chi connectivity index (χ2n) is 8.63. The third-order valence-corrected chi connectivity index (χ3v) is 5.94. The number of aryl methyl sites for hydroxylation is 1. The van der Waals surface area contributed by atoms with E-state index in [0.29, 0.717) is 17.9 Å². The summed E-state index contributed by atoms with van der Waals surface area (Å²) in [5.74, 6) is 0.0190. The Morgan fingerprint density at radius 3 is 2.34 bits per heavy atom. The number of pyridine rings is 1. The number of hydrogen-bond acceptors (Lipinski definition) is 7. The fraction of sp³-hybridized carbons (Fsp3) is 0.417. The Hall–Kier alpha value is -2.87. The van der Waals surface area contributed by atoms with Gasteiger partial charge in [0.25, 0.3) is 5.24 Å². The molecular weight excluding hydrogens is 428 g/mol. The zero-order valence-electron chi connectivity index (χ0n) is 18.7. The molecule has 1 saturated heterocycles. The summed E-state index contributed by atoms with van der Waals surface area (Å²) in [5.41, 5.74) is 2.01. The van der Waals surface area contributed by atoms with Crippen LogP contribution < -0.4 is 10.1 Å². The Balaban J connectivity index is 1.66. The summed E-state index contributed by atoms with van der Waals surface area (Å²) in [6, 6.07) is 11.1. The summed E-state index contributed by atoms with van der Waals surface area (Å²) >= 11 is 1.01. The second-order valence-corrected chi connectivity index (χ2v) is 9.81. The van der Waals surface area contributed by atoms with Crippen LogP contribution in [0, 0.1) is 5.41 Å². The van der Waals surface area contributed by atoms with Gasteiger partial charge < -0.3 is 9.47 Å². The lowest BCUT2D eigenvalue weighted by Crippen LogP contribution is -2.27. The third kappa shape index (κ3) is 6.32. The second kappa shape index (κ2) is 10.2. The van der Waals surface area contributed by atoms with E-state index in [1.807, 2.05) is 24.3 Å². The molecule has 8 heteroatoms. The van der Waals surface area contributed by atoms with E-state index in [9.17, 15) is 14.4 Å². The topological polar surface area (TPSA) is 94.6 Å². The summed E-state index contributed by atoms with van der Waals surface area (Å²) < 4.78 is 11.6. The SMILES string of the molecule is CCc1ccc([C@H](COc2ccc(CC3SC(=O)NC3=O)cc2)OC(=O)C(C)(C)C)nc1. The molecule has 1 N–H and O–H groups in total. The predicted molar refractivity (Wildman–Crippen MR) is 122 cm³/mol. The minimum absolute atomic E-state index is 0.120. The molecule has 1 aliphatic rings. The molecule has 1 aliphatic heterocycles. The van der Waals surface area contributed by atoms with Gasteiger partial charge in [0.15, 0.2) is 6.10 Å². The van der Waals surface area contributed by atoms with Gasteiger partial charge in [-0.3, -0.25) is 24.7 Å². The Kier molecular flexibility index (Phi) is 7.56. The first-order valence-electron chi connectivity index (χ1n) is 10.5. The highest BCUT2D eigenvalue weighted by molar-refractivity contribution is 8.15. The first-order chi connectivity index (χ1) is 15.2. The first kappa shape index (κ1) is 23.8. The molecular formula is C24H28N2O5S. The largest absolute Gasteiger partial charge is 0.489 e. The zero-order chi connectivity index (χ0) is 23.3. The lowest BCUT2D eigenvalue weighted by Gasteiger charge is -2.23. The molecule has 1 unspecified atom stereocenters. The van der Waals surface area contributed by atoms with Gasteiger partial charge in [-0.2, -0.15) is 0 Å². The van der Waals surface area contributed by atoms with Crippen molar-refractivity contribution in [3.63, 3.8) is 0 Å². The van der Waals surface area contributed by atoms with Crippen molar-refractivity contribution in [2.75, 3.05) is 6.61 Å². The van der Waals surface area contributed by atoms with E-state index < -0.39 is 16.8 Å². The number of carbonyl (C=O) groups is 3. The van der Waals surface area contributed by atoms with Crippen molar-refractivity contribution in [2.45, 2.75) is 51.9 Å². The Labute approximate surface area is 192 Å². The van der Waals surface area contributed by atoms with E-state index in [-0.39, 0.29) is 23.7 Å². The molecule has 1 fully saturated rings. The van der Waals surface area contributed by atoms with E-state index in [1.165, 1.54) is 0 Å². The maximum absolute atomic E-state index is 12.5. The number of amides is 2. The molecule has 0 radical (unpaired) electrons. The fourth-order valence-electron chi connectivity index (χ4n) is 2.96. The molecule has 1 aromatic heterocycles. The van der Waals surface area contributed by atoms with Crippen LogP contribution in [0.1, 0.15) is 50.6 Å². The molecule has 0 aliphatic carbocycles. The highest BCUT2D eigenvalue weighted by atomic mass is 32.2. The molecule has 2 atom stereocenters. The molecule has 0 bridgehead atoms. The first-order valence-corrected chi connectivity index (χ1v) is 11.4. The van der Waals surface area contributed by atoms with E-state index in [2.05, 4.69) is 17.2 Å². The standard InChI is InChI=1S/C24H28N2O5S/c1-5-15-8-11-18(25-13-15)19(31-22(28)24(2,3)4)14-30-17-9-6-16(7-10-17)12-20-21(27)26-23(29)32-20/h6-11,13,19-20H,5,12,14H2,1-4H3,(H,26,27,29)/t19-,20?/m0/s1. The number of nitrogens with zero attached hydrogens (tertiary/aromatic N) is 1. The molecule has 170 valence electrons. The van der Waals surface area contributed by atoms with Gasteiger partial charge in [-0.1, -0.05) is 36.9 Å². The van der Waals surface area contributed by atoms with E-state index >= 15 is 0 Å². The maximum Gasteiger partial charge on any atom is 0.312 e. The maximum atomic E-state index is 12.5. The number of carbonyl (C=O) groups excluding carboxylic acids is 3. The minimum Gasteiger partial charge on any atom is -0.489 e. The van der Waals surface area contributed by atoms with E-state index in [1.54, 1.807) is 39.1 Å². The van der Waals surface area contributed by atoms with Crippen molar-refractivity contribution in [1.82, 2.24) is 10.3 Å². The number of ether oxygens (including phenoxy) is 2. The summed E-state index contributed by atoms with van der Waals surface area (Å²) in [7, 11) is 0. The van der Waals surface area contributed by atoms with Crippen LogP contribution >= 0.6 is 11.8 Å². The van der Waals surface area contributed by atoms with Gasteiger partial charge in [0.1, 0.15) is 12.4 Å². The number of esters is 1. The van der Waals surface area contributed by atoms with Crippen molar-refractivity contribution in [1.29, 1.82) is 0 Å². The highest BCUT2D eigenvalue weighted by Gasteiger charge is 2.31. The van der Waals surface area contributed by atoms with Gasteiger partial charge in [0.05, 0.1) is 16.4 Å². The quantitative estimate of drug-likeness (QED) is 0.594. The van der Waals surface area contributed by atoms with Crippen LogP contribution in [0.25, 0.3) is 0 Å². The molecule has 3 rings (SSSR count). The number of nitrogens with one attached hydrogen (secondary N) is 1. The summed E-state index contributed by atoms with van der Waals surface area (Å²) in [4.78, 5) is 40.0. The van der Waals surface area contributed by atoms with E-state index in [0.717, 1.165) is 29.3 Å². The molecule has 2 aromatic rings. The van der Waals surface area contributed by atoms with Crippen LogP contribution in [-0.4, -0.2) is 34.0 Å². The van der Waals surface area contributed by atoms with Crippen LogP contribution in [0.4, 0.5) is 4.79 Å². The van der Waals surface area contributed by atoms with Crippen LogP contribution in [0.3, 0.4) is 0 Å². The molecule has 2 heterocycles. The average molecular weight is 457 g/mol. The third-order valence-electron chi connectivity index (χ3n) is 4.96. The van der Waals surface area contributed by atoms with Gasteiger partial charge in [-0.25, -0.2) is 0 Å². The molecule has 1 aromatic carbocycles. The van der Waals surface area contributed by atoms with Crippen LogP contribution in [0.15, 0.2) is 42.6 Å². The Bertz CT molecular complexity index is 967. The monoisotopic (exact) mass is 456 g/mol. The molecule has 32 heavy (non-hydrogen) atoms. The molecule has 0 spiro atoms. The molecule has 0 saturated carbocycles. The number of benzene rings is 1. The number of rotatable bonds is 8. The normalized spacial score (nSPS) is 17.1. The summed E-state index contributed by atoms with van der Waals surface area (Å²) in [6.07, 6.45) is 2.47. The predicted octanol–water partition coefficient (Wildman–Crippen LogP) is 4.25. The Morgan fingerprint density at radius 2 is 1.81 bits per heavy atom. The lowest BCUT2D eigenvalue weighted by atomic mass is 9.97. The van der Waals surface area contributed by atoms with Gasteiger partial charge in [0.2, 0.25) is 5.91 Å². The summed E-state index contributed by atoms with van der Waals surface area (Å²) in [6.45, 7) is 7.58. The molecule has 2 amide bonds. The fourth-order valence-corrected chi connectivity index (χ4v) is 3.82.